The second kappa shape index (κ2) is 8.01. The molecule has 1 fully saturated rings. The van der Waals surface area contributed by atoms with Gasteiger partial charge in [0.05, 0.1) is 27.3 Å². The van der Waals surface area contributed by atoms with Gasteiger partial charge in [-0.15, -0.1) is 0 Å². The molecular formula is C25H20N4O2S. The maximum Gasteiger partial charge on any atom is 0.328 e. The molecule has 1 aliphatic rings. The number of amidine groups is 1. The van der Waals surface area contributed by atoms with E-state index in [9.17, 15) is 9.59 Å². The van der Waals surface area contributed by atoms with Crippen LogP contribution in [-0.2, 0) is 18.9 Å². The number of hydrogen-bond donors (Lipinski definition) is 0. The van der Waals surface area contributed by atoms with Gasteiger partial charge in [-0.3, -0.25) is 18.8 Å². The van der Waals surface area contributed by atoms with Crippen LogP contribution in [0.5, 0.6) is 0 Å². The van der Waals surface area contributed by atoms with E-state index >= 15 is 0 Å². The Morgan fingerprint density at radius 3 is 2.19 bits per heavy atom. The summed E-state index contributed by atoms with van der Waals surface area (Å²) >= 11 is 1.34. The van der Waals surface area contributed by atoms with E-state index in [1.165, 1.54) is 11.8 Å². The number of imidazole rings is 1. The smallest absolute Gasteiger partial charge is 0.295 e. The molecule has 0 unspecified atom stereocenters. The minimum absolute atomic E-state index is 0.0799. The second-order valence-corrected chi connectivity index (χ2v) is 8.47. The van der Waals surface area contributed by atoms with Gasteiger partial charge in [0, 0.05) is 14.1 Å². The zero-order valence-corrected chi connectivity index (χ0v) is 18.4. The van der Waals surface area contributed by atoms with Crippen molar-refractivity contribution in [1.29, 1.82) is 0 Å². The lowest BCUT2D eigenvalue weighted by molar-refractivity contribution is -0.113. The van der Waals surface area contributed by atoms with Crippen LogP contribution in [0.25, 0.3) is 17.1 Å². The molecule has 1 aromatic heterocycles. The van der Waals surface area contributed by atoms with Gasteiger partial charge in [-0.05, 0) is 59.8 Å². The van der Waals surface area contributed by atoms with Crippen molar-refractivity contribution in [1.82, 2.24) is 9.13 Å². The third kappa shape index (κ3) is 3.46. The van der Waals surface area contributed by atoms with Crippen molar-refractivity contribution >= 4 is 51.3 Å². The molecule has 0 saturated carbocycles. The Balaban J connectivity index is 1.59. The van der Waals surface area contributed by atoms with Crippen molar-refractivity contribution in [3.05, 3.63) is 99.8 Å². The van der Waals surface area contributed by atoms with Crippen molar-refractivity contribution in [2.24, 2.45) is 19.1 Å². The average Bonchev–Trinajstić information content (AvgIpc) is 3.23. The van der Waals surface area contributed by atoms with Gasteiger partial charge in [-0.2, -0.15) is 0 Å². The molecule has 0 N–H and O–H groups in total. The fourth-order valence-electron chi connectivity index (χ4n) is 3.73. The first-order chi connectivity index (χ1) is 15.5. The van der Waals surface area contributed by atoms with Crippen LogP contribution in [-0.4, -0.2) is 20.2 Å². The second-order valence-electron chi connectivity index (χ2n) is 7.47. The van der Waals surface area contributed by atoms with Crippen molar-refractivity contribution in [2.75, 3.05) is 4.90 Å². The van der Waals surface area contributed by atoms with E-state index < -0.39 is 0 Å². The highest BCUT2D eigenvalue weighted by Gasteiger charge is 2.34. The SMILES string of the molecule is Cn1c(=O)n(C)c2cc(/C=C3/SC(=Nc4ccccc4)N(c4ccccc4)C3=O)ccc21. The summed E-state index contributed by atoms with van der Waals surface area (Å²) in [5.74, 6) is -0.127. The van der Waals surface area contributed by atoms with Crippen LogP contribution in [0.4, 0.5) is 11.4 Å². The predicted octanol–water partition coefficient (Wildman–Crippen LogP) is 4.69. The van der Waals surface area contributed by atoms with E-state index in [0.717, 1.165) is 28.0 Å². The number of nitrogens with zero attached hydrogens (tertiary/aromatic N) is 4. The summed E-state index contributed by atoms with van der Waals surface area (Å²) in [6.07, 6.45) is 1.85. The number of rotatable bonds is 3. The fraction of sp³-hybridized carbons (Fsp3) is 0.0800. The molecule has 6 nitrogen and oxygen atoms in total. The van der Waals surface area contributed by atoms with Crippen LogP contribution in [0.2, 0.25) is 0 Å². The number of hydrogen-bond acceptors (Lipinski definition) is 4. The van der Waals surface area contributed by atoms with Gasteiger partial charge in [-0.25, -0.2) is 9.79 Å². The highest BCUT2D eigenvalue weighted by atomic mass is 32.2. The number of para-hydroxylation sites is 2. The Labute approximate surface area is 189 Å². The topological polar surface area (TPSA) is 59.6 Å². The van der Waals surface area contributed by atoms with Crippen molar-refractivity contribution in [2.45, 2.75) is 0 Å². The summed E-state index contributed by atoms with van der Waals surface area (Å²) in [7, 11) is 3.50. The fourth-order valence-corrected chi connectivity index (χ4v) is 4.73. The molecular weight excluding hydrogens is 420 g/mol. The van der Waals surface area contributed by atoms with Gasteiger partial charge in [0.15, 0.2) is 5.17 Å². The summed E-state index contributed by atoms with van der Waals surface area (Å²) in [4.78, 5) is 32.6. The summed E-state index contributed by atoms with van der Waals surface area (Å²) in [6, 6.07) is 24.9. The Bertz CT molecular complexity index is 1450. The number of aromatic nitrogens is 2. The Morgan fingerprint density at radius 2 is 1.47 bits per heavy atom. The van der Waals surface area contributed by atoms with Gasteiger partial charge in [0.2, 0.25) is 0 Å². The van der Waals surface area contributed by atoms with E-state index in [0.29, 0.717) is 10.1 Å². The molecule has 0 atom stereocenters. The largest absolute Gasteiger partial charge is 0.328 e. The number of benzene rings is 3. The first-order valence-electron chi connectivity index (χ1n) is 10.1. The maximum atomic E-state index is 13.4. The number of thioether (sulfide) groups is 1. The first kappa shape index (κ1) is 20.1. The molecule has 4 aromatic rings. The Hall–Kier alpha value is -3.84. The Kier molecular flexibility index (Phi) is 5.03. The number of carbonyl (C=O) groups is 1. The lowest BCUT2D eigenvalue weighted by Gasteiger charge is -2.15. The maximum absolute atomic E-state index is 13.4. The van der Waals surface area contributed by atoms with Gasteiger partial charge >= 0.3 is 5.69 Å². The molecule has 5 rings (SSSR count). The molecule has 7 heteroatoms. The van der Waals surface area contributed by atoms with Crippen LogP contribution in [0.1, 0.15) is 5.56 Å². The molecule has 1 amide bonds. The summed E-state index contributed by atoms with van der Waals surface area (Å²) in [5.41, 5.74) is 3.99. The number of aryl methyl sites for hydroxylation is 2. The number of carbonyl (C=O) groups excluding carboxylic acids is 1. The van der Waals surface area contributed by atoms with Crippen LogP contribution in [0.3, 0.4) is 0 Å². The van der Waals surface area contributed by atoms with E-state index in [1.54, 1.807) is 28.1 Å². The van der Waals surface area contributed by atoms with Gasteiger partial charge < -0.3 is 0 Å². The molecule has 0 bridgehead atoms. The van der Waals surface area contributed by atoms with Crippen LogP contribution in [0.15, 0.2) is 93.6 Å². The minimum atomic E-state index is -0.127. The van der Waals surface area contributed by atoms with Crippen molar-refractivity contribution < 1.29 is 4.79 Å². The van der Waals surface area contributed by atoms with E-state index in [-0.39, 0.29) is 11.6 Å². The zero-order chi connectivity index (χ0) is 22.2. The van der Waals surface area contributed by atoms with E-state index in [1.807, 2.05) is 84.9 Å². The molecule has 1 aliphatic heterocycles. The highest BCUT2D eigenvalue weighted by molar-refractivity contribution is 8.19. The van der Waals surface area contributed by atoms with Crippen molar-refractivity contribution in [3.63, 3.8) is 0 Å². The lowest BCUT2D eigenvalue weighted by atomic mass is 10.1. The van der Waals surface area contributed by atoms with Gasteiger partial charge in [-0.1, -0.05) is 42.5 Å². The molecule has 3 aromatic carbocycles. The van der Waals surface area contributed by atoms with Crippen LogP contribution >= 0.6 is 11.8 Å². The normalized spacial score (nSPS) is 16.6. The monoisotopic (exact) mass is 440 g/mol. The lowest BCUT2D eigenvalue weighted by Crippen LogP contribution is -2.28. The molecule has 32 heavy (non-hydrogen) atoms. The Morgan fingerprint density at radius 1 is 0.812 bits per heavy atom. The third-order valence-electron chi connectivity index (χ3n) is 5.40. The molecule has 2 heterocycles. The third-order valence-corrected chi connectivity index (χ3v) is 6.36. The summed E-state index contributed by atoms with van der Waals surface area (Å²) < 4.78 is 3.23. The first-order valence-corrected chi connectivity index (χ1v) is 10.9. The van der Waals surface area contributed by atoms with E-state index in [2.05, 4.69) is 0 Å². The molecule has 0 spiro atoms. The number of anilines is 1. The number of fused-ring (bicyclic) bond motifs is 1. The van der Waals surface area contributed by atoms with Gasteiger partial charge in [0.25, 0.3) is 5.91 Å². The molecule has 0 aliphatic carbocycles. The molecule has 158 valence electrons. The number of amides is 1. The number of aliphatic imine (C=N–C) groups is 1. The minimum Gasteiger partial charge on any atom is -0.295 e. The van der Waals surface area contributed by atoms with E-state index in [4.69, 9.17) is 4.99 Å². The molecule has 0 radical (unpaired) electrons. The van der Waals surface area contributed by atoms with Crippen LogP contribution in [0, 0.1) is 0 Å². The summed E-state index contributed by atoms with van der Waals surface area (Å²) in [6.45, 7) is 0. The zero-order valence-electron chi connectivity index (χ0n) is 17.6. The highest BCUT2D eigenvalue weighted by Crippen LogP contribution is 2.37. The standard InChI is InChI=1S/C25H20N4O2S/c1-27-20-14-13-17(15-21(20)28(2)25(27)31)16-22-23(30)29(19-11-7-4-8-12-19)24(32-22)26-18-9-5-3-6-10-18/h3-16H,1-2H3/b22-16+,26-24?. The molecule has 1 saturated heterocycles. The van der Waals surface area contributed by atoms with Crippen LogP contribution < -0.4 is 10.6 Å². The summed E-state index contributed by atoms with van der Waals surface area (Å²) in [5, 5.41) is 0.604. The quantitative estimate of drug-likeness (QED) is 0.435. The average molecular weight is 441 g/mol. The van der Waals surface area contributed by atoms with Gasteiger partial charge in [0.1, 0.15) is 0 Å². The van der Waals surface area contributed by atoms with Crippen molar-refractivity contribution in [3.8, 4) is 0 Å². The predicted molar refractivity (Wildman–Crippen MR) is 131 cm³/mol.